The number of ether oxygens (including phenoxy) is 2. The van der Waals surface area contributed by atoms with Crippen LogP contribution < -0.4 is 0 Å². The van der Waals surface area contributed by atoms with Crippen LogP contribution in [-0.4, -0.2) is 30.4 Å². The first-order chi connectivity index (χ1) is 14.8. The van der Waals surface area contributed by atoms with Crippen molar-refractivity contribution < 1.29 is 14.3 Å². The lowest BCUT2D eigenvalue weighted by molar-refractivity contribution is -0.155. The Hall–Kier alpha value is -3.24. The molecule has 30 heavy (non-hydrogen) atoms. The molecule has 4 nitrogen and oxygen atoms in total. The Morgan fingerprint density at radius 3 is 1.83 bits per heavy atom. The van der Waals surface area contributed by atoms with E-state index < -0.39 is 5.54 Å². The zero-order valence-electron chi connectivity index (χ0n) is 16.9. The van der Waals surface area contributed by atoms with E-state index in [-0.39, 0.29) is 12.6 Å². The molecule has 0 spiro atoms. The van der Waals surface area contributed by atoms with E-state index in [9.17, 15) is 4.79 Å². The quantitative estimate of drug-likeness (QED) is 0.441. The molecule has 0 amide bonds. The van der Waals surface area contributed by atoms with Gasteiger partial charge in [-0.15, -0.1) is 0 Å². The van der Waals surface area contributed by atoms with Crippen LogP contribution in [-0.2, 0) is 20.9 Å². The molecular weight excluding hydrogens is 374 g/mol. The Balaban J connectivity index is 1.70. The van der Waals surface area contributed by atoms with E-state index in [4.69, 9.17) is 14.5 Å². The van der Waals surface area contributed by atoms with Gasteiger partial charge in [0.1, 0.15) is 6.61 Å². The number of carbonyl (C=O) groups excluding carboxylic acids is 1. The predicted molar refractivity (Wildman–Crippen MR) is 118 cm³/mol. The minimum atomic E-state index is -0.950. The van der Waals surface area contributed by atoms with Crippen LogP contribution >= 0.6 is 0 Å². The molecule has 4 heteroatoms. The monoisotopic (exact) mass is 399 g/mol. The van der Waals surface area contributed by atoms with Crippen molar-refractivity contribution in [2.45, 2.75) is 25.0 Å². The molecule has 0 atom stereocenters. The highest BCUT2D eigenvalue weighted by molar-refractivity contribution is 6.13. The van der Waals surface area contributed by atoms with Crippen molar-refractivity contribution in [1.29, 1.82) is 0 Å². The average molecular weight is 399 g/mol. The van der Waals surface area contributed by atoms with Crippen molar-refractivity contribution in [1.82, 2.24) is 0 Å². The summed E-state index contributed by atoms with van der Waals surface area (Å²) in [7, 11) is 0. The maximum Gasteiger partial charge on any atom is 0.334 e. The second-order valence-electron chi connectivity index (χ2n) is 7.40. The lowest BCUT2D eigenvalue weighted by Crippen LogP contribution is -2.44. The van der Waals surface area contributed by atoms with E-state index in [1.165, 1.54) is 0 Å². The zero-order chi connectivity index (χ0) is 20.7. The van der Waals surface area contributed by atoms with Gasteiger partial charge < -0.3 is 9.47 Å². The lowest BCUT2D eigenvalue weighted by Gasteiger charge is -2.32. The molecular formula is C26H25NO3. The van der Waals surface area contributed by atoms with Crippen molar-refractivity contribution in [2.24, 2.45) is 4.99 Å². The van der Waals surface area contributed by atoms with E-state index >= 15 is 0 Å². The molecule has 1 saturated heterocycles. The van der Waals surface area contributed by atoms with Gasteiger partial charge in [0, 0.05) is 37.2 Å². The summed E-state index contributed by atoms with van der Waals surface area (Å²) in [5.41, 5.74) is 2.77. The lowest BCUT2D eigenvalue weighted by atomic mass is 9.89. The predicted octanol–water partition coefficient (Wildman–Crippen LogP) is 4.82. The molecule has 1 aliphatic rings. The van der Waals surface area contributed by atoms with E-state index in [0.717, 1.165) is 22.4 Å². The SMILES string of the molecule is O=C(OCc1ccccc1)C1(N=C(c2ccccc2)c2ccccc2)CCOCC1. The van der Waals surface area contributed by atoms with Crippen molar-refractivity contribution in [3.8, 4) is 0 Å². The summed E-state index contributed by atoms with van der Waals surface area (Å²) in [5, 5.41) is 0. The molecule has 0 saturated carbocycles. The Bertz CT molecular complexity index is 937. The van der Waals surface area contributed by atoms with E-state index in [1.807, 2.05) is 91.0 Å². The molecule has 152 valence electrons. The van der Waals surface area contributed by atoms with Gasteiger partial charge in [0.05, 0.1) is 5.71 Å². The molecule has 1 fully saturated rings. The average Bonchev–Trinajstić information content (AvgIpc) is 2.83. The van der Waals surface area contributed by atoms with Gasteiger partial charge in [0.2, 0.25) is 0 Å². The summed E-state index contributed by atoms with van der Waals surface area (Å²) in [6, 6.07) is 29.7. The number of benzene rings is 3. The Labute approximate surface area is 177 Å². The third kappa shape index (κ3) is 4.66. The van der Waals surface area contributed by atoms with E-state index in [0.29, 0.717) is 26.1 Å². The summed E-state index contributed by atoms with van der Waals surface area (Å²) in [4.78, 5) is 18.4. The van der Waals surface area contributed by atoms with Gasteiger partial charge >= 0.3 is 5.97 Å². The first-order valence-corrected chi connectivity index (χ1v) is 10.3. The van der Waals surface area contributed by atoms with Gasteiger partial charge in [-0.05, 0) is 5.56 Å². The zero-order valence-corrected chi connectivity index (χ0v) is 16.9. The summed E-state index contributed by atoms with van der Waals surface area (Å²) in [5.74, 6) is -0.293. The molecule has 1 heterocycles. The highest BCUT2D eigenvalue weighted by Gasteiger charge is 2.42. The van der Waals surface area contributed by atoms with Crippen LogP contribution in [0.25, 0.3) is 0 Å². The number of aliphatic imine (C=N–C) groups is 1. The number of rotatable bonds is 6. The molecule has 0 N–H and O–H groups in total. The molecule has 0 radical (unpaired) electrons. The van der Waals surface area contributed by atoms with E-state index in [1.54, 1.807) is 0 Å². The van der Waals surface area contributed by atoms with Crippen LogP contribution in [0.5, 0.6) is 0 Å². The van der Waals surface area contributed by atoms with E-state index in [2.05, 4.69) is 0 Å². The van der Waals surface area contributed by atoms with Crippen LogP contribution in [0.15, 0.2) is 96.0 Å². The highest BCUT2D eigenvalue weighted by Crippen LogP contribution is 2.30. The molecule has 0 aromatic heterocycles. The highest BCUT2D eigenvalue weighted by atomic mass is 16.5. The number of hydrogen-bond acceptors (Lipinski definition) is 4. The largest absolute Gasteiger partial charge is 0.459 e. The topological polar surface area (TPSA) is 47.9 Å². The van der Waals surface area contributed by atoms with Crippen LogP contribution in [0, 0.1) is 0 Å². The summed E-state index contributed by atoms with van der Waals surface area (Å²) in [6.45, 7) is 1.21. The summed E-state index contributed by atoms with van der Waals surface area (Å²) < 4.78 is 11.3. The Kier molecular flexibility index (Phi) is 6.35. The maximum absolute atomic E-state index is 13.3. The molecule has 1 aliphatic heterocycles. The van der Waals surface area contributed by atoms with Crippen molar-refractivity contribution in [3.05, 3.63) is 108 Å². The molecule has 3 aromatic rings. The van der Waals surface area contributed by atoms with Crippen molar-refractivity contribution in [2.75, 3.05) is 13.2 Å². The first-order valence-electron chi connectivity index (χ1n) is 10.3. The van der Waals surface area contributed by atoms with Crippen molar-refractivity contribution >= 4 is 11.7 Å². The fourth-order valence-electron chi connectivity index (χ4n) is 3.63. The fourth-order valence-corrected chi connectivity index (χ4v) is 3.63. The second-order valence-corrected chi connectivity index (χ2v) is 7.40. The van der Waals surface area contributed by atoms with Crippen molar-refractivity contribution in [3.63, 3.8) is 0 Å². The van der Waals surface area contributed by atoms with Gasteiger partial charge in [0.25, 0.3) is 0 Å². The number of nitrogens with zero attached hydrogens (tertiary/aromatic N) is 1. The van der Waals surface area contributed by atoms with Gasteiger partial charge in [-0.3, -0.25) is 4.99 Å². The fraction of sp³-hybridized carbons (Fsp3) is 0.231. The Morgan fingerprint density at radius 2 is 1.30 bits per heavy atom. The summed E-state index contributed by atoms with van der Waals surface area (Å²) in [6.07, 6.45) is 1.01. The number of carbonyl (C=O) groups is 1. The normalized spacial score (nSPS) is 15.2. The molecule has 3 aromatic carbocycles. The molecule has 4 rings (SSSR count). The number of esters is 1. The Morgan fingerprint density at radius 1 is 0.800 bits per heavy atom. The summed E-state index contributed by atoms with van der Waals surface area (Å²) >= 11 is 0. The van der Waals surface area contributed by atoms with Crippen LogP contribution in [0.3, 0.4) is 0 Å². The maximum atomic E-state index is 13.3. The van der Waals surface area contributed by atoms with Gasteiger partial charge in [-0.2, -0.15) is 0 Å². The van der Waals surface area contributed by atoms with Crippen LogP contribution in [0.1, 0.15) is 29.5 Å². The minimum absolute atomic E-state index is 0.240. The van der Waals surface area contributed by atoms with Gasteiger partial charge in [0.15, 0.2) is 5.54 Å². The molecule has 0 aliphatic carbocycles. The third-order valence-electron chi connectivity index (χ3n) is 5.33. The second kappa shape index (κ2) is 9.51. The molecule has 0 bridgehead atoms. The molecule has 0 unspecified atom stereocenters. The van der Waals surface area contributed by atoms with Crippen LogP contribution in [0.2, 0.25) is 0 Å². The minimum Gasteiger partial charge on any atom is -0.459 e. The van der Waals surface area contributed by atoms with Gasteiger partial charge in [-0.1, -0.05) is 91.0 Å². The smallest absolute Gasteiger partial charge is 0.334 e. The standard InChI is InChI=1S/C26H25NO3/c28-25(30-20-21-10-4-1-5-11-21)26(16-18-29-19-17-26)27-24(22-12-6-2-7-13-22)23-14-8-3-9-15-23/h1-15H,16-20H2. The van der Waals surface area contributed by atoms with Gasteiger partial charge in [-0.25, -0.2) is 4.79 Å². The van der Waals surface area contributed by atoms with Crippen LogP contribution in [0.4, 0.5) is 0 Å². The first kappa shape index (κ1) is 20.0. The third-order valence-corrected chi connectivity index (χ3v) is 5.33. The number of hydrogen-bond donors (Lipinski definition) is 0.